The molecule has 0 aliphatic carbocycles. The van der Waals surface area contributed by atoms with Crippen molar-refractivity contribution in [3.63, 3.8) is 0 Å². The van der Waals surface area contributed by atoms with Crippen molar-refractivity contribution in [1.82, 2.24) is 0 Å². The van der Waals surface area contributed by atoms with E-state index >= 15 is 0 Å². The van der Waals surface area contributed by atoms with E-state index in [1.807, 2.05) is 0 Å². The summed E-state index contributed by atoms with van der Waals surface area (Å²) < 4.78 is 0. The maximum atomic E-state index is 10.0. The Balaban J connectivity index is -0.000000170. The number of hydrogen-bond acceptors (Lipinski definition) is 10. The fourth-order valence-electron chi connectivity index (χ4n) is 2.79. The maximum Gasteiger partial charge on any atom is 0.303 e. The largest absolute Gasteiger partial charge is 0.481 e. The smallest absolute Gasteiger partial charge is 0.303 e. The molecule has 0 rings (SSSR count). The summed E-state index contributed by atoms with van der Waals surface area (Å²) in [5, 5.41) is 81.1. The molecule has 50 heavy (non-hydrogen) atoms. The van der Waals surface area contributed by atoms with Crippen molar-refractivity contribution in [1.29, 1.82) is 0 Å². The molecular weight excluding hydrogens is 680 g/mol. The molecule has 0 radical (unpaired) electrons. The molecule has 0 aliphatic heterocycles. The van der Waals surface area contributed by atoms with Crippen molar-refractivity contribution in [2.45, 2.75) is 128 Å². The molecule has 0 aromatic carbocycles. The Bertz CT molecular complexity index is 942. The van der Waals surface area contributed by atoms with Crippen LogP contribution in [-0.4, -0.2) is 111 Å². The molecule has 0 aromatic heterocycles. The molecule has 20 heteroatoms. The highest BCUT2D eigenvalue weighted by Gasteiger charge is 2.02. The molecule has 0 amide bonds. The highest BCUT2D eigenvalue weighted by atomic mass is 16.4. The molecule has 20 nitrogen and oxygen atoms in total. The van der Waals surface area contributed by atoms with Gasteiger partial charge in [-0.1, -0.05) is 19.3 Å². The van der Waals surface area contributed by atoms with Gasteiger partial charge in [0.2, 0.25) is 0 Å². The minimum Gasteiger partial charge on any atom is -0.481 e. The number of carbonyl (C=O) groups is 10. The first-order valence-corrected chi connectivity index (χ1v) is 15.3. The number of aliphatic carboxylic acids is 10. The highest BCUT2D eigenvalue weighted by Crippen LogP contribution is 2.05. The van der Waals surface area contributed by atoms with Crippen LogP contribution in [0.15, 0.2) is 0 Å². The third kappa shape index (κ3) is 84.2. The predicted molar refractivity (Wildman–Crippen MR) is 169 cm³/mol. The zero-order valence-electron chi connectivity index (χ0n) is 27.7. The molecule has 0 heterocycles. The van der Waals surface area contributed by atoms with Gasteiger partial charge in [0.25, 0.3) is 0 Å². The number of carboxylic acids is 10. The molecule has 290 valence electrons. The van der Waals surface area contributed by atoms with E-state index in [1.54, 1.807) is 0 Å². The Kier molecular flexibility index (Phi) is 43.2. The molecule has 0 bridgehead atoms. The van der Waals surface area contributed by atoms with E-state index in [2.05, 4.69) is 0 Å². The summed E-state index contributed by atoms with van der Waals surface area (Å²) >= 11 is 0. The third-order valence-corrected chi connectivity index (χ3v) is 5.18. The minimum absolute atomic E-state index is 0.0628. The Morgan fingerprint density at radius 1 is 0.180 bits per heavy atom. The normalized spacial score (nSPS) is 9.20. The Hall–Kier alpha value is -5.30. The van der Waals surface area contributed by atoms with Gasteiger partial charge in [0, 0.05) is 51.4 Å². The lowest BCUT2D eigenvalue weighted by Gasteiger charge is -1.96. The van der Waals surface area contributed by atoms with Gasteiger partial charge in [-0.2, -0.15) is 0 Å². The van der Waals surface area contributed by atoms with Crippen LogP contribution in [0.4, 0.5) is 0 Å². The van der Waals surface area contributed by atoms with Crippen LogP contribution >= 0.6 is 0 Å². The van der Waals surface area contributed by atoms with Crippen LogP contribution < -0.4 is 0 Å². The lowest BCUT2D eigenvalue weighted by atomic mass is 10.1. The topological polar surface area (TPSA) is 373 Å². The predicted octanol–water partition coefficient (Wildman–Crippen LogP) is 3.58. The summed E-state index contributed by atoms with van der Waals surface area (Å²) in [5.41, 5.74) is 0. The summed E-state index contributed by atoms with van der Waals surface area (Å²) in [4.78, 5) is 98.7. The Morgan fingerprint density at radius 2 is 0.300 bits per heavy atom. The second kappa shape index (κ2) is 39.9. The maximum absolute atomic E-state index is 10.0. The first-order valence-electron chi connectivity index (χ1n) is 15.3. The van der Waals surface area contributed by atoms with Gasteiger partial charge < -0.3 is 51.1 Å². The number of rotatable bonds is 25. The van der Waals surface area contributed by atoms with Crippen molar-refractivity contribution < 1.29 is 99.0 Å². The van der Waals surface area contributed by atoms with Crippen molar-refractivity contribution >= 4 is 59.7 Å². The number of carboxylic acid groups (broad SMARTS) is 10. The summed E-state index contributed by atoms with van der Waals surface area (Å²) in [5.74, 6) is -9.00. The second-order valence-corrected chi connectivity index (χ2v) is 9.97. The highest BCUT2D eigenvalue weighted by molar-refractivity contribution is 5.75. The van der Waals surface area contributed by atoms with Crippen molar-refractivity contribution in [2.24, 2.45) is 0 Å². The first-order chi connectivity index (χ1) is 23.1. The first kappa shape index (κ1) is 54.2. The minimum atomic E-state index is -1.08. The number of hydrogen-bond donors (Lipinski definition) is 10. The molecule has 0 aliphatic rings. The fourth-order valence-corrected chi connectivity index (χ4v) is 2.79. The molecule has 0 saturated carbocycles. The van der Waals surface area contributed by atoms with E-state index in [0.717, 1.165) is 12.8 Å². The van der Waals surface area contributed by atoms with Gasteiger partial charge in [0.15, 0.2) is 0 Å². The van der Waals surface area contributed by atoms with E-state index in [-0.39, 0.29) is 70.6 Å². The van der Waals surface area contributed by atoms with Gasteiger partial charge in [-0.3, -0.25) is 47.9 Å². The quantitative estimate of drug-likeness (QED) is 0.0600. The van der Waals surface area contributed by atoms with Gasteiger partial charge in [0.05, 0.1) is 12.8 Å². The second-order valence-electron chi connectivity index (χ2n) is 9.97. The molecular formula is C30H50O20. The molecule has 0 unspecified atom stereocenters. The van der Waals surface area contributed by atoms with Gasteiger partial charge in [0.1, 0.15) is 0 Å². The molecule has 0 fully saturated rings. The Labute approximate surface area is 287 Å². The number of unbranched alkanes of at least 4 members (excludes halogenated alkanes) is 6. The average molecular weight is 731 g/mol. The standard InChI is InChI=1S/C8H14O4.C7H12O4.C6H10O4.C5H8O4.C4H6O4/c9-7(10)5-3-1-2-4-6-8(11)12;8-6(9)4-2-1-3-5-7(10)11;7-5(8)3-1-2-4-6(9)10;6-4(7)2-1-3-5(8)9;5-3(6)1-2-4(7)8/h1-6H2,(H,9,10)(H,11,12);1-5H2,(H,8,9)(H,10,11);1-4H2,(H,7,8)(H,9,10);1-3H2,(H,6,7)(H,8,9);1-2H2,(H,5,6)(H,7,8). The van der Waals surface area contributed by atoms with Crippen LogP contribution in [0.3, 0.4) is 0 Å². The third-order valence-electron chi connectivity index (χ3n) is 5.18. The Morgan fingerprint density at radius 3 is 0.460 bits per heavy atom. The van der Waals surface area contributed by atoms with Crippen LogP contribution in [0.25, 0.3) is 0 Å². The molecule has 0 saturated heterocycles. The molecule has 0 spiro atoms. The van der Waals surface area contributed by atoms with Crippen molar-refractivity contribution in [3.8, 4) is 0 Å². The van der Waals surface area contributed by atoms with Gasteiger partial charge in [-0.05, 0) is 44.9 Å². The van der Waals surface area contributed by atoms with Crippen LogP contribution in [0.5, 0.6) is 0 Å². The van der Waals surface area contributed by atoms with E-state index < -0.39 is 59.7 Å². The van der Waals surface area contributed by atoms with Crippen LogP contribution in [-0.2, 0) is 47.9 Å². The van der Waals surface area contributed by atoms with E-state index in [9.17, 15) is 47.9 Å². The summed E-state index contributed by atoms with van der Waals surface area (Å²) in [6.45, 7) is 0. The zero-order chi connectivity index (χ0) is 39.9. The zero-order valence-corrected chi connectivity index (χ0v) is 27.7. The van der Waals surface area contributed by atoms with Crippen molar-refractivity contribution in [3.05, 3.63) is 0 Å². The van der Waals surface area contributed by atoms with E-state index in [1.165, 1.54) is 0 Å². The van der Waals surface area contributed by atoms with Gasteiger partial charge in [-0.15, -0.1) is 0 Å². The van der Waals surface area contributed by atoms with Crippen LogP contribution in [0.2, 0.25) is 0 Å². The molecule has 0 atom stereocenters. The lowest BCUT2D eigenvalue weighted by molar-refractivity contribution is -0.143. The SMILES string of the molecule is O=C(O)CCC(=O)O.O=C(O)CCCC(=O)O.O=C(O)CCCCC(=O)O.O=C(O)CCCCCC(=O)O.O=C(O)CCCCCCC(=O)O. The summed E-state index contributed by atoms with van der Waals surface area (Å²) in [7, 11) is 0. The van der Waals surface area contributed by atoms with Crippen molar-refractivity contribution in [2.75, 3.05) is 0 Å². The average Bonchev–Trinajstić information content (AvgIpc) is 2.96. The van der Waals surface area contributed by atoms with Gasteiger partial charge in [-0.25, -0.2) is 0 Å². The lowest BCUT2D eigenvalue weighted by Crippen LogP contribution is -2.00. The monoisotopic (exact) mass is 730 g/mol. The summed E-state index contributed by atoms with van der Waals surface area (Å²) in [6, 6.07) is 0. The summed E-state index contributed by atoms with van der Waals surface area (Å²) in [6.07, 6.45) is 5.89. The van der Waals surface area contributed by atoms with Crippen LogP contribution in [0, 0.1) is 0 Å². The van der Waals surface area contributed by atoms with E-state index in [0.29, 0.717) is 44.9 Å². The van der Waals surface area contributed by atoms with Gasteiger partial charge >= 0.3 is 59.7 Å². The fraction of sp³-hybridized carbons (Fsp3) is 0.667. The molecule has 10 N–H and O–H groups in total. The van der Waals surface area contributed by atoms with E-state index in [4.69, 9.17) is 51.1 Å². The molecule has 0 aromatic rings. The van der Waals surface area contributed by atoms with Crippen LogP contribution in [0.1, 0.15) is 128 Å².